The average molecular weight is 208 g/mol. The number of thiol groups is 1. The van der Waals surface area contributed by atoms with Crippen LogP contribution >= 0.6 is 12.6 Å². The molecule has 14 heavy (non-hydrogen) atoms. The summed E-state index contributed by atoms with van der Waals surface area (Å²) in [5, 5.41) is 25.9. The zero-order valence-corrected chi connectivity index (χ0v) is 10.3. The third-order valence-electron chi connectivity index (χ3n) is 1.48. The molecule has 0 fully saturated rings. The van der Waals surface area contributed by atoms with Gasteiger partial charge in [0, 0.05) is 4.90 Å². The van der Waals surface area contributed by atoms with Crippen LogP contribution in [0.25, 0.3) is 0 Å². The van der Waals surface area contributed by atoms with Crippen LogP contribution in [0.3, 0.4) is 0 Å². The summed E-state index contributed by atoms with van der Waals surface area (Å²) in [6.07, 6.45) is 0. The molecule has 60 valence electrons. The fraction of sp³-hybridized carbons (Fsp3) is 0. The molecule has 0 aliphatic carbocycles. The van der Waals surface area contributed by atoms with Crippen molar-refractivity contribution in [2.75, 3.05) is 0 Å². The second-order valence-corrected chi connectivity index (χ2v) is 2.70. The summed E-state index contributed by atoms with van der Waals surface area (Å²) < 4.78 is 0. The molecule has 0 spiro atoms. The maximum atomic E-state index is 8.64. The molecule has 1 rings (SSSR count). The zero-order chi connectivity index (χ0) is 9.84. The van der Waals surface area contributed by atoms with E-state index in [0.29, 0.717) is 10.5 Å². The van der Waals surface area contributed by atoms with Gasteiger partial charge in [0.15, 0.2) is 0 Å². The van der Waals surface area contributed by atoms with Crippen LogP contribution in [0.4, 0.5) is 0 Å². The van der Waals surface area contributed by atoms with Gasteiger partial charge in [0.1, 0.15) is 12.1 Å². The summed E-state index contributed by atoms with van der Waals surface area (Å²) in [4.78, 5) is 0.323. The summed E-state index contributed by atoms with van der Waals surface area (Å²) in [7, 11) is 0. The minimum absolute atomic E-state index is 0. The summed E-state index contributed by atoms with van der Waals surface area (Å²) >= 11 is 4.00. The fourth-order valence-corrected chi connectivity index (χ4v) is 1.10. The molecule has 0 heterocycles. The molecule has 3 nitrogen and oxygen atoms in total. The predicted molar refractivity (Wildman–Crippen MR) is 47.8 cm³/mol. The van der Waals surface area contributed by atoms with E-state index in [2.05, 4.69) is 12.6 Å². The van der Waals surface area contributed by atoms with Crippen LogP contribution in [-0.2, 0) is 0 Å². The van der Waals surface area contributed by atoms with Crippen LogP contribution in [-0.4, -0.2) is 0 Å². The van der Waals surface area contributed by atoms with E-state index in [9.17, 15) is 0 Å². The van der Waals surface area contributed by atoms with Crippen molar-refractivity contribution in [1.82, 2.24) is 0 Å². The first-order valence-electron chi connectivity index (χ1n) is 3.30. The maximum absolute atomic E-state index is 8.64. The Morgan fingerprint density at radius 3 is 1.64 bits per heavy atom. The Bertz CT molecular complexity index is 441. The molecule has 1 aromatic rings. The van der Waals surface area contributed by atoms with Crippen LogP contribution < -0.4 is 29.6 Å². The molecule has 0 amide bonds. The number of benzene rings is 1. The van der Waals surface area contributed by atoms with Gasteiger partial charge >= 0.3 is 29.6 Å². The normalized spacial score (nSPS) is 7.57. The molecule has 0 saturated carbocycles. The topological polar surface area (TPSA) is 71.4 Å². The summed E-state index contributed by atoms with van der Waals surface area (Å²) in [5.74, 6) is 0. The van der Waals surface area contributed by atoms with Crippen molar-refractivity contribution in [1.29, 1.82) is 15.8 Å². The van der Waals surface area contributed by atoms with Gasteiger partial charge in [0.2, 0.25) is 0 Å². The largest absolute Gasteiger partial charge is 1.00 e. The second-order valence-electron chi connectivity index (χ2n) is 2.26. The van der Waals surface area contributed by atoms with E-state index in [0.717, 1.165) is 0 Å². The zero-order valence-electron chi connectivity index (χ0n) is 7.44. The van der Waals surface area contributed by atoms with E-state index in [1.54, 1.807) is 0 Å². The van der Waals surface area contributed by atoms with E-state index in [-0.39, 0.29) is 40.7 Å². The predicted octanol–water partition coefficient (Wildman–Crippen LogP) is -1.41. The number of hydrogen-bond donors (Lipinski definition) is 1. The van der Waals surface area contributed by atoms with Crippen LogP contribution in [0.1, 0.15) is 16.7 Å². The Balaban J connectivity index is 0.00000169. The second kappa shape index (κ2) is 5.70. The Morgan fingerprint density at radius 2 is 1.36 bits per heavy atom. The summed E-state index contributed by atoms with van der Waals surface area (Å²) in [6.45, 7) is 0. The van der Waals surface area contributed by atoms with Crippen molar-refractivity contribution in [3.8, 4) is 18.2 Å². The SMILES string of the molecule is N#Cc1cc(C#N)c(S)c(C#N)c1.[Na+]. The average Bonchev–Trinajstić information content (AvgIpc) is 2.18. The molecular weight excluding hydrogens is 205 g/mol. The molecular formula is C9H3N3NaS+. The standard InChI is InChI=1S/C9H3N3S.Na/c10-3-6-1-7(4-11)9(13)8(2-6)5-12;/h1-2,13H;/q;+1. The molecule has 0 N–H and O–H groups in total. The smallest absolute Gasteiger partial charge is 0.192 e. The van der Waals surface area contributed by atoms with E-state index in [4.69, 9.17) is 15.8 Å². The third-order valence-corrected chi connectivity index (χ3v) is 1.96. The molecule has 0 aromatic heterocycles. The van der Waals surface area contributed by atoms with Gasteiger partial charge in [-0.25, -0.2) is 0 Å². The minimum atomic E-state index is 0. The molecule has 0 unspecified atom stereocenters. The van der Waals surface area contributed by atoms with Gasteiger partial charge in [-0.15, -0.1) is 12.6 Å². The Kier molecular flexibility index (Phi) is 5.31. The first-order valence-corrected chi connectivity index (χ1v) is 3.75. The molecule has 0 aliphatic heterocycles. The van der Waals surface area contributed by atoms with Crippen molar-refractivity contribution in [3.63, 3.8) is 0 Å². The number of rotatable bonds is 0. The van der Waals surface area contributed by atoms with Crippen LogP contribution in [0.5, 0.6) is 0 Å². The van der Waals surface area contributed by atoms with E-state index < -0.39 is 0 Å². The first-order chi connectivity index (χ1) is 6.22. The van der Waals surface area contributed by atoms with Crippen molar-refractivity contribution in [2.45, 2.75) is 4.90 Å². The quantitative estimate of drug-likeness (QED) is 0.421. The van der Waals surface area contributed by atoms with Gasteiger partial charge in [-0.2, -0.15) is 15.8 Å². The van der Waals surface area contributed by atoms with Gasteiger partial charge in [-0.05, 0) is 12.1 Å². The number of nitriles is 3. The minimum Gasteiger partial charge on any atom is -0.192 e. The number of hydrogen-bond acceptors (Lipinski definition) is 4. The monoisotopic (exact) mass is 208 g/mol. The van der Waals surface area contributed by atoms with Gasteiger partial charge in [-0.3, -0.25) is 0 Å². The molecule has 0 saturated heterocycles. The van der Waals surface area contributed by atoms with Gasteiger partial charge in [-0.1, -0.05) is 0 Å². The van der Waals surface area contributed by atoms with Crippen LogP contribution in [0.2, 0.25) is 0 Å². The van der Waals surface area contributed by atoms with Crippen LogP contribution in [0, 0.1) is 34.0 Å². The van der Waals surface area contributed by atoms with Gasteiger partial charge in [0.25, 0.3) is 0 Å². The molecule has 0 radical (unpaired) electrons. The van der Waals surface area contributed by atoms with E-state index in [1.807, 2.05) is 18.2 Å². The Labute approximate surface area is 109 Å². The first kappa shape index (κ1) is 13.0. The molecule has 0 aliphatic rings. The van der Waals surface area contributed by atoms with Crippen molar-refractivity contribution < 1.29 is 29.6 Å². The van der Waals surface area contributed by atoms with E-state index >= 15 is 0 Å². The summed E-state index contributed by atoms with van der Waals surface area (Å²) in [5.41, 5.74) is 0.795. The van der Waals surface area contributed by atoms with Gasteiger partial charge < -0.3 is 0 Å². The summed E-state index contributed by atoms with van der Waals surface area (Å²) in [6, 6.07) is 8.41. The molecule has 1 aromatic carbocycles. The Hall–Kier alpha value is -0.960. The van der Waals surface area contributed by atoms with Crippen molar-refractivity contribution in [3.05, 3.63) is 28.8 Å². The van der Waals surface area contributed by atoms with Crippen molar-refractivity contribution >= 4 is 12.6 Å². The Morgan fingerprint density at radius 1 is 0.929 bits per heavy atom. The molecule has 0 bridgehead atoms. The molecule has 0 atom stereocenters. The maximum Gasteiger partial charge on any atom is 1.00 e. The molecule has 5 heteroatoms. The van der Waals surface area contributed by atoms with Crippen LogP contribution in [0.15, 0.2) is 17.0 Å². The van der Waals surface area contributed by atoms with E-state index in [1.165, 1.54) is 12.1 Å². The fourth-order valence-electron chi connectivity index (χ4n) is 0.869. The third kappa shape index (κ3) is 2.51. The van der Waals surface area contributed by atoms with Crippen molar-refractivity contribution in [2.24, 2.45) is 0 Å². The van der Waals surface area contributed by atoms with Gasteiger partial charge in [0.05, 0.1) is 22.8 Å². The number of nitrogens with zero attached hydrogens (tertiary/aromatic N) is 3.